The maximum atomic E-state index is 13.2. The predicted molar refractivity (Wildman–Crippen MR) is 96.4 cm³/mol. The van der Waals surface area contributed by atoms with Crippen molar-refractivity contribution >= 4 is 11.8 Å². The summed E-state index contributed by atoms with van der Waals surface area (Å²) in [6.45, 7) is 3.42. The Labute approximate surface area is 154 Å². The summed E-state index contributed by atoms with van der Waals surface area (Å²) < 4.78 is 10.4. The van der Waals surface area contributed by atoms with Gasteiger partial charge in [0.2, 0.25) is 17.7 Å². The van der Waals surface area contributed by atoms with Crippen LogP contribution in [0.4, 0.5) is 0 Å². The second-order valence-corrected chi connectivity index (χ2v) is 7.17. The van der Waals surface area contributed by atoms with Gasteiger partial charge in [-0.2, -0.15) is 4.98 Å². The highest BCUT2D eigenvalue weighted by molar-refractivity contribution is 5.97. The Hall–Kier alpha value is -2.31. The number of hydrogen-bond donors (Lipinski definition) is 0. The molecule has 2 amide bonds. The number of carbonyl (C=O) groups excluding carboxylic acids is 2. The first-order valence-corrected chi connectivity index (χ1v) is 9.10. The molecule has 7 nitrogen and oxygen atoms in total. The minimum atomic E-state index is -0.478. The maximum Gasteiger partial charge on any atom is 0.259 e. The first kappa shape index (κ1) is 18.5. The van der Waals surface area contributed by atoms with Crippen molar-refractivity contribution in [2.75, 3.05) is 34.4 Å². The van der Waals surface area contributed by atoms with Crippen LogP contribution in [0.3, 0.4) is 0 Å². The molecule has 0 saturated carbocycles. The first-order chi connectivity index (χ1) is 12.4. The molecule has 26 heavy (non-hydrogen) atoms. The van der Waals surface area contributed by atoms with E-state index in [-0.39, 0.29) is 23.7 Å². The van der Waals surface area contributed by atoms with Gasteiger partial charge >= 0.3 is 0 Å². The van der Waals surface area contributed by atoms with Gasteiger partial charge in [-0.3, -0.25) is 9.59 Å². The minimum Gasteiger partial charge on any atom is -0.481 e. The molecule has 2 saturated heterocycles. The SMILES string of the molecule is COc1ccc(C(=O)N2CCC[C@@]3(CCCN(C)C3=O)[C@H]2C)c(OC)n1. The van der Waals surface area contributed by atoms with E-state index in [9.17, 15) is 9.59 Å². The van der Waals surface area contributed by atoms with Crippen LogP contribution in [-0.2, 0) is 4.79 Å². The van der Waals surface area contributed by atoms with Crippen LogP contribution >= 0.6 is 0 Å². The zero-order chi connectivity index (χ0) is 18.9. The lowest BCUT2D eigenvalue weighted by atomic mass is 9.68. The molecule has 142 valence electrons. The van der Waals surface area contributed by atoms with Gasteiger partial charge in [0, 0.05) is 32.2 Å². The number of methoxy groups -OCH3 is 2. The first-order valence-electron chi connectivity index (χ1n) is 9.10. The Morgan fingerprint density at radius 2 is 1.88 bits per heavy atom. The highest BCUT2D eigenvalue weighted by Gasteiger charge is 2.51. The van der Waals surface area contributed by atoms with E-state index in [1.807, 2.05) is 23.8 Å². The topological polar surface area (TPSA) is 72.0 Å². The Morgan fingerprint density at radius 3 is 2.54 bits per heavy atom. The van der Waals surface area contributed by atoms with Crippen LogP contribution < -0.4 is 9.47 Å². The van der Waals surface area contributed by atoms with Crippen LogP contribution in [0.1, 0.15) is 43.0 Å². The molecule has 1 aromatic heterocycles. The van der Waals surface area contributed by atoms with E-state index in [4.69, 9.17) is 9.47 Å². The standard InChI is InChI=1S/C19H27N3O4/c1-13-19(9-5-11-21(2)18(19)24)10-6-12-22(13)17(23)14-7-8-15(25-3)20-16(14)26-4/h7-8,13H,5-6,9-12H2,1-4H3/t13-,19+/m1/s1. The van der Waals surface area contributed by atoms with Crippen LogP contribution in [0, 0.1) is 5.41 Å². The third-order valence-electron chi connectivity index (χ3n) is 5.91. The van der Waals surface area contributed by atoms with Crippen LogP contribution in [-0.4, -0.2) is 67.0 Å². The zero-order valence-electron chi connectivity index (χ0n) is 15.9. The second-order valence-electron chi connectivity index (χ2n) is 7.17. The minimum absolute atomic E-state index is 0.149. The van der Waals surface area contributed by atoms with Crippen LogP contribution in [0.2, 0.25) is 0 Å². The molecule has 2 atom stereocenters. The molecule has 1 spiro atoms. The van der Waals surface area contributed by atoms with Crippen molar-refractivity contribution in [3.63, 3.8) is 0 Å². The molecule has 0 bridgehead atoms. The normalized spacial score (nSPS) is 26.2. The summed E-state index contributed by atoms with van der Waals surface area (Å²) in [4.78, 5) is 34.0. The average Bonchev–Trinajstić information content (AvgIpc) is 2.66. The molecule has 3 rings (SSSR count). The molecule has 1 aromatic rings. The van der Waals surface area contributed by atoms with Crippen molar-refractivity contribution in [1.29, 1.82) is 0 Å². The number of likely N-dealkylation sites (tertiary alicyclic amines) is 2. The molecule has 3 heterocycles. The summed E-state index contributed by atoms with van der Waals surface area (Å²) in [5.74, 6) is 0.650. The maximum absolute atomic E-state index is 13.2. The van der Waals surface area contributed by atoms with Crippen molar-refractivity contribution in [3.8, 4) is 11.8 Å². The van der Waals surface area contributed by atoms with Gasteiger partial charge in [0.25, 0.3) is 5.91 Å². The lowest BCUT2D eigenvalue weighted by Crippen LogP contribution is -2.61. The fourth-order valence-corrected chi connectivity index (χ4v) is 4.39. The summed E-state index contributed by atoms with van der Waals surface area (Å²) in [5, 5.41) is 0. The van der Waals surface area contributed by atoms with E-state index >= 15 is 0 Å². The Bertz CT molecular complexity index is 704. The van der Waals surface area contributed by atoms with Gasteiger partial charge in [-0.1, -0.05) is 0 Å². The molecular weight excluding hydrogens is 334 g/mol. The van der Waals surface area contributed by atoms with Gasteiger partial charge in [0.05, 0.1) is 19.6 Å². The quantitative estimate of drug-likeness (QED) is 0.823. The lowest BCUT2D eigenvalue weighted by molar-refractivity contribution is -0.152. The van der Waals surface area contributed by atoms with Gasteiger partial charge in [-0.05, 0) is 38.7 Å². The Balaban J connectivity index is 1.91. The highest BCUT2D eigenvalue weighted by atomic mass is 16.5. The largest absolute Gasteiger partial charge is 0.481 e. The molecule has 0 radical (unpaired) electrons. The number of carbonyl (C=O) groups is 2. The van der Waals surface area contributed by atoms with E-state index in [1.165, 1.54) is 14.2 Å². The van der Waals surface area contributed by atoms with Crippen LogP contribution in [0.5, 0.6) is 11.8 Å². The highest BCUT2D eigenvalue weighted by Crippen LogP contribution is 2.44. The van der Waals surface area contributed by atoms with E-state index in [0.29, 0.717) is 18.0 Å². The molecule has 0 aromatic carbocycles. The number of ether oxygens (including phenoxy) is 2. The number of rotatable bonds is 3. The van der Waals surface area contributed by atoms with E-state index in [1.54, 1.807) is 12.1 Å². The van der Waals surface area contributed by atoms with Crippen LogP contribution in [0.15, 0.2) is 12.1 Å². The van der Waals surface area contributed by atoms with Crippen molar-refractivity contribution in [1.82, 2.24) is 14.8 Å². The van der Waals surface area contributed by atoms with E-state index < -0.39 is 5.41 Å². The van der Waals surface area contributed by atoms with Gasteiger partial charge in [0.1, 0.15) is 5.56 Å². The van der Waals surface area contributed by atoms with E-state index in [0.717, 1.165) is 32.2 Å². The second kappa shape index (κ2) is 7.13. The third-order valence-corrected chi connectivity index (χ3v) is 5.91. The Morgan fingerprint density at radius 1 is 1.19 bits per heavy atom. The molecule has 2 aliphatic heterocycles. The molecular formula is C19H27N3O4. The predicted octanol–water partition coefficient (Wildman–Crippen LogP) is 1.96. The fourth-order valence-electron chi connectivity index (χ4n) is 4.39. The number of hydrogen-bond acceptors (Lipinski definition) is 5. The number of aromatic nitrogens is 1. The summed E-state index contributed by atoms with van der Waals surface area (Å²) in [7, 11) is 4.86. The van der Waals surface area contributed by atoms with Crippen LogP contribution in [0.25, 0.3) is 0 Å². The average molecular weight is 361 g/mol. The summed E-state index contributed by atoms with van der Waals surface area (Å²) >= 11 is 0. The lowest BCUT2D eigenvalue weighted by Gasteiger charge is -2.51. The molecule has 0 aliphatic carbocycles. The summed E-state index contributed by atoms with van der Waals surface area (Å²) in [5.41, 5.74) is -0.0811. The summed E-state index contributed by atoms with van der Waals surface area (Å²) in [6, 6.07) is 3.17. The van der Waals surface area contributed by atoms with Crippen molar-refractivity contribution < 1.29 is 19.1 Å². The van der Waals surface area contributed by atoms with Crippen molar-refractivity contribution in [2.45, 2.75) is 38.6 Å². The van der Waals surface area contributed by atoms with Gasteiger partial charge < -0.3 is 19.3 Å². The van der Waals surface area contributed by atoms with Gasteiger partial charge in [-0.15, -0.1) is 0 Å². The summed E-state index contributed by atoms with van der Waals surface area (Å²) in [6.07, 6.45) is 3.46. The molecule has 2 aliphatic rings. The number of pyridine rings is 1. The van der Waals surface area contributed by atoms with E-state index in [2.05, 4.69) is 4.98 Å². The van der Waals surface area contributed by atoms with Crippen molar-refractivity contribution in [3.05, 3.63) is 17.7 Å². The Kier molecular flexibility index (Phi) is 5.07. The number of amides is 2. The smallest absolute Gasteiger partial charge is 0.259 e. The molecule has 7 heteroatoms. The number of piperidine rings is 2. The van der Waals surface area contributed by atoms with Crippen molar-refractivity contribution in [2.24, 2.45) is 5.41 Å². The van der Waals surface area contributed by atoms with Gasteiger partial charge in [-0.25, -0.2) is 0 Å². The molecule has 0 N–H and O–H groups in total. The fraction of sp³-hybridized carbons (Fsp3) is 0.632. The third kappa shape index (κ3) is 2.89. The van der Waals surface area contributed by atoms with Gasteiger partial charge in [0.15, 0.2) is 0 Å². The monoisotopic (exact) mass is 361 g/mol. The molecule has 0 unspecified atom stereocenters. The molecule has 2 fully saturated rings. The number of nitrogens with zero attached hydrogens (tertiary/aromatic N) is 3. The zero-order valence-corrected chi connectivity index (χ0v) is 15.9.